The summed E-state index contributed by atoms with van der Waals surface area (Å²) in [6.45, 7) is 0.660. The van der Waals surface area contributed by atoms with Gasteiger partial charge < -0.3 is 4.74 Å². The third-order valence-electron chi connectivity index (χ3n) is 4.05. The molecule has 1 aliphatic rings. The predicted molar refractivity (Wildman–Crippen MR) is 90.4 cm³/mol. The minimum atomic E-state index is 0.205. The lowest BCUT2D eigenvalue weighted by atomic mass is 10.0. The molecule has 2 heteroatoms. The lowest BCUT2D eigenvalue weighted by Gasteiger charge is -2.05. The molecular weight excluding hydrogens is 270 g/mol. The molecule has 0 amide bonds. The first-order valence-corrected chi connectivity index (χ1v) is 7.63. The summed E-state index contributed by atoms with van der Waals surface area (Å²) < 4.78 is 5.88. The van der Waals surface area contributed by atoms with Crippen LogP contribution in [0.5, 0.6) is 0 Å². The van der Waals surface area contributed by atoms with Crippen LogP contribution in [0.1, 0.15) is 11.1 Å². The smallest absolute Gasteiger partial charge is 0.217 e. The second kappa shape index (κ2) is 5.64. The Morgan fingerprint density at radius 3 is 2.55 bits per heavy atom. The van der Waals surface area contributed by atoms with Crippen molar-refractivity contribution in [3.63, 3.8) is 0 Å². The fourth-order valence-electron chi connectivity index (χ4n) is 2.97. The van der Waals surface area contributed by atoms with E-state index in [0.717, 1.165) is 17.9 Å². The van der Waals surface area contributed by atoms with Gasteiger partial charge in [0.2, 0.25) is 5.90 Å². The third-order valence-corrected chi connectivity index (χ3v) is 4.05. The highest BCUT2D eigenvalue weighted by Gasteiger charge is 2.21. The molecule has 1 unspecified atom stereocenters. The van der Waals surface area contributed by atoms with Crippen molar-refractivity contribution < 1.29 is 4.74 Å². The summed E-state index contributed by atoms with van der Waals surface area (Å²) in [6, 6.07) is 25.3. The maximum Gasteiger partial charge on any atom is 0.217 e. The largest absolute Gasteiger partial charge is 0.475 e. The summed E-state index contributed by atoms with van der Waals surface area (Å²) in [6.07, 6.45) is 0.926. The van der Waals surface area contributed by atoms with Gasteiger partial charge in [0.25, 0.3) is 0 Å². The molecule has 1 aliphatic heterocycles. The molecule has 3 aromatic carbocycles. The van der Waals surface area contributed by atoms with Gasteiger partial charge in [0.1, 0.15) is 6.61 Å². The number of aliphatic imine (C=N–C) groups is 1. The Bertz CT molecular complexity index is 818. The van der Waals surface area contributed by atoms with Crippen molar-refractivity contribution in [2.45, 2.75) is 12.5 Å². The molecule has 22 heavy (non-hydrogen) atoms. The molecule has 0 spiro atoms. The molecular formula is C20H17NO. The van der Waals surface area contributed by atoms with Crippen LogP contribution in [0.4, 0.5) is 0 Å². The van der Waals surface area contributed by atoms with Crippen LogP contribution in [0, 0.1) is 0 Å². The highest BCUT2D eigenvalue weighted by Crippen LogP contribution is 2.23. The molecule has 0 aliphatic carbocycles. The predicted octanol–water partition coefficient (Wildman–Crippen LogP) is 4.23. The van der Waals surface area contributed by atoms with Gasteiger partial charge in [-0.15, -0.1) is 0 Å². The Hall–Kier alpha value is -2.61. The maximum atomic E-state index is 5.88. The zero-order valence-electron chi connectivity index (χ0n) is 12.3. The van der Waals surface area contributed by atoms with Gasteiger partial charge in [-0.3, -0.25) is 0 Å². The molecule has 0 fully saturated rings. The van der Waals surface area contributed by atoms with Crippen LogP contribution < -0.4 is 0 Å². The van der Waals surface area contributed by atoms with Gasteiger partial charge in [-0.1, -0.05) is 66.7 Å². The van der Waals surface area contributed by atoms with Crippen LogP contribution in [0.2, 0.25) is 0 Å². The summed E-state index contributed by atoms with van der Waals surface area (Å²) >= 11 is 0. The zero-order valence-corrected chi connectivity index (χ0v) is 12.3. The number of nitrogens with zero attached hydrogens (tertiary/aromatic N) is 1. The summed E-state index contributed by atoms with van der Waals surface area (Å²) in [5.41, 5.74) is 2.40. The van der Waals surface area contributed by atoms with Gasteiger partial charge in [-0.25, -0.2) is 4.99 Å². The Kier molecular flexibility index (Phi) is 3.36. The van der Waals surface area contributed by atoms with Crippen LogP contribution >= 0.6 is 0 Å². The Morgan fingerprint density at radius 2 is 1.64 bits per heavy atom. The molecule has 4 rings (SSSR count). The molecule has 1 atom stereocenters. The molecule has 0 saturated heterocycles. The first-order chi connectivity index (χ1) is 10.9. The van der Waals surface area contributed by atoms with Crippen molar-refractivity contribution in [1.82, 2.24) is 0 Å². The molecule has 108 valence electrons. The van der Waals surface area contributed by atoms with Crippen molar-refractivity contribution in [3.8, 4) is 0 Å². The minimum Gasteiger partial charge on any atom is -0.475 e. The third kappa shape index (κ3) is 2.48. The van der Waals surface area contributed by atoms with Gasteiger partial charge in [-0.05, 0) is 28.8 Å². The van der Waals surface area contributed by atoms with Gasteiger partial charge >= 0.3 is 0 Å². The van der Waals surface area contributed by atoms with E-state index in [1.807, 2.05) is 6.07 Å². The average molecular weight is 287 g/mol. The maximum absolute atomic E-state index is 5.88. The lowest BCUT2D eigenvalue weighted by molar-refractivity contribution is 0.317. The molecule has 3 aromatic rings. The standard InChI is InChI=1S/C20H17NO/c1-2-7-15(8-3-1)13-17-14-22-20(21-17)19-12-6-10-16-9-4-5-11-18(16)19/h1-12,17H,13-14H2. The zero-order chi connectivity index (χ0) is 14.8. The van der Waals surface area contributed by atoms with Crippen LogP contribution in [-0.2, 0) is 11.2 Å². The number of ether oxygens (including phenoxy) is 1. The fourth-order valence-corrected chi connectivity index (χ4v) is 2.97. The lowest BCUT2D eigenvalue weighted by Crippen LogP contribution is -2.09. The summed E-state index contributed by atoms with van der Waals surface area (Å²) in [5.74, 6) is 0.776. The van der Waals surface area contributed by atoms with E-state index in [0.29, 0.717) is 6.61 Å². The van der Waals surface area contributed by atoms with Gasteiger partial charge in [0.15, 0.2) is 0 Å². The van der Waals surface area contributed by atoms with Crippen LogP contribution in [0.3, 0.4) is 0 Å². The van der Waals surface area contributed by atoms with Crippen molar-refractivity contribution in [3.05, 3.63) is 83.9 Å². The number of fused-ring (bicyclic) bond motifs is 1. The van der Waals surface area contributed by atoms with Crippen LogP contribution in [-0.4, -0.2) is 18.5 Å². The SMILES string of the molecule is c1ccc(CC2COC(c3cccc4ccccc34)=N2)cc1. The molecule has 0 radical (unpaired) electrons. The van der Waals surface area contributed by atoms with Crippen molar-refractivity contribution in [2.75, 3.05) is 6.61 Å². The Balaban J connectivity index is 1.64. The highest BCUT2D eigenvalue weighted by molar-refractivity contribution is 6.07. The van der Waals surface area contributed by atoms with Crippen molar-refractivity contribution in [1.29, 1.82) is 0 Å². The monoisotopic (exact) mass is 287 g/mol. The molecule has 0 N–H and O–H groups in total. The van der Waals surface area contributed by atoms with Gasteiger partial charge in [-0.2, -0.15) is 0 Å². The quantitative estimate of drug-likeness (QED) is 0.706. The number of rotatable bonds is 3. The molecule has 1 heterocycles. The molecule has 0 bridgehead atoms. The van der Waals surface area contributed by atoms with Crippen molar-refractivity contribution >= 4 is 16.7 Å². The van der Waals surface area contributed by atoms with Crippen LogP contribution in [0.15, 0.2) is 77.8 Å². The Morgan fingerprint density at radius 1 is 0.864 bits per heavy atom. The van der Waals surface area contributed by atoms with E-state index in [2.05, 4.69) is 66.7 Å². The number of hydrogen-bond donors (Lipinski definition) is 0. The van der Waals surface area contributed by atoms with E-state index in [4.69, 9.17) is 9.73 Å². The van der Waals surface area contributed by atoms with E-state index >= 15 is 0 Å². The normalized spacial score (nSPS) is 17.3. The number of benzene rings is 3. The molecule has 0 aromatic heterocycles. The van der Waals surface area contributed by atoms with Crippen LogP contribution in [0.25, 0.3) is 10.8 Å². The summed E-state index contributed by atoms with van der Waals surface area (Å²) in [5, 5.41) is 2.42. The second-order valence-corrected chi connectivity index (χ2v) is 5.62. The fraction of sp³-hybridized carbons (Fsp3) is 0.150. The summed E-state index contributed by atoms with van der Waals surface area (Å²) in [4.78, 5) is 4.80. The van der Waals surface area contributed by atoms with Gasteiger partial charge in [0.05, 0.1) is 6.04 Å². The molecule has 0 saturated carbocycles. The average Bonchev–Trinajstić information content (AvgIpc) is 3.03. The van der Waals surface area contributed by atoms with Crippen molar-refractivity contribution in [2.24, 2.45) is 4.99 Å². The van der Waals surface area contributed by atoms with E-state index in [1.54, 1.807) is 0 Å². The first-order valence-electron chi connectivity index (χ1n) is 7.63. The van der Waals surface area contributed by atoms with E-state index in [9.17, 15) is 0 Å². The topological polar surface area (TPSA) is 21.6 Å². The minimum absolute atomic E-state index is 0.205. The summed E-state index contributed by atoms with van der Waals surface area (Å²) in [7, 11) is 0. The number of hydrogen-bond acceptors (Lipinski definition) is 2. The second-order valence-electron chi connectivity index (χ2n) is 5.62. The van der Waals surface area contributed by atoms with E-state index in [-0.39, 0.29) is 6.04 Å². The van der Waals surface area contributed by atoms with Gasteiger partial charge in [0, 0.05) is 5.56 Å². The van der Waals surface area contributed by atoms with E-state index < -0.39 is 0 Å². The highest BCUT2D eigenvalue weighted by atomic mass is 16.5. The first kappa shape index (κ1) is 13.1. The Labute approximate surface area is 130 Å². The van der Waals surface area contributed by atoms with E-state index in [1.165, 1.54) is 16.3 Å². The molecule has 2 nitrogen and oxygen atoms in total.